The topological polar surface area (TPSA) is 163 Å². The zero-order valence-electron chi connectivity index (χ0n) is 22.1. The van der Waals surface area contributed by atoms with Gasteiger partial charge >= 0.3 is 23.9 Å². The molecule has 2 N–H and O–H groups in total. The maximum absolute atomic E-state index is 12.4. The standard InChI is InChI=1S/C26H38N2O10/c1-17(2)25(33)37-15-13-35-23(31)11-9-21(29)27-19-7-5-6-8-20(19)28-22(30)10-12-24(32)36-14-16-38-26(34)18(3)4/h19-20H,1,3,5-16H2,2,4H3,(H,27,29)(H,28,30)/t19-,20-/m1/s1. The van der Waals surface area contributed by atoms with Gasteiger partial charge in [0.15, 0.2) is 0 Å². The van der Waals surface area contributed by atoms with E-state index >= 15 is 0 Å². The summed E-state index contributed by atoms with van der Waals surface area (Å²) in [6.07, 6.45) is 2.64. The summed E-state index contributed by atoms with van der Waals surface area (Å²) in [7, 11) is 0. The Labute approximate surface area is 222 Å². The van der Waals surface area contributed by atoms with Crippen LogP contribution in [-0.4, -0.2) is 74.2 Å². The number of carbonyl (C=O) groups is 6. The number of hydrogen-bond acceptors (Lipinski definition) is 10. The fraction of sp³-hybridized carbons (Fsp3) is 0.615. The van der Waals surface area contributed by atoms with Crippen molar-refractivity contribution in [2.75, 3.05) is 26.4 Å². The SMILES string of the molecule is C=C(C)C(=O)OCCOC(=O)CCC(=O)N[C@@H]1CCCC[C@H]1NC(=O)CCC(=O)OCCOC(=O)C(=C)C. The molecule has 1 saturated carbocycles. The van der Waals surface area contributed by atoms with Crippen molar-refractivity contribution in [1.29, 1.82) is 0 Å². The molecule has 0 aromatic carbocycles. The van der Waals surface area contributed by atoms with Gasteiger partial charge in [-0.05, 0) is 26.7 Å². The lowest BCUT2D eigenvalue weighted by atomic mass is 9.90. The van der Waals surface area contributed by atoms with Gasteiger partial charge < -0.3 is 29.6 Å². The molecule has 212 valence electrons. The normalized spacial score (nSPS) is 16.4. The molecule has 0 aromatic heterocycles. The molecule has 0 saturated heterocycles. The van der Waals surface area contributed by atoms with Gasteiger partial charge in [0.05, 0.1) is 12.8 Å². The number of ether oxygens (including phenoxy) is 4. The highest BCUT2D eigenvalue weighted by molar-refractivity contribution is 5.87. The quantitative estimate of drug-likeness (QED) is 0.127. The molecule has 2 atom stereocenters. The van der Waals surface area contributed by atoms with Gasteiger partial charge in [-0.3, -0.25) is 19.2 Å². The first-order valence-electron chi connectivity index (χ1n) is 12.5. The lowest BCUT2D eigenvalue weighted by Crippen LogP contribution is -2.53. The average molecular weight is 539 g/mol. The van der Waals surface area contributed by atoms with Crippen molar-refractivity contribution >= 4 is 35.7 Å². The Morgan fingerprint density at radius 1 is 0.605 bits per heavy atom. The highest BCUT2D eigenvalue weighted by Gasteiger charge is 2.28. The number of amides is 2. The van der Waals surface area contributed by atoms with Crippen LogP contribution < -0.4 is 10.6 Å². The van der Waals surface area contributed by atoms with Crippen molar-refractivity contribution < 1.29 is 47.7 Å². The van der Waals surface area contributed by atoms with Gasteiger partial charge in [-0.1, -0.05) is 26.0 Å². The maximum atomic E-state index is 12.4. The number of hydrogen-bond donors (Lipinski definition) is 2. The van der Waals surface area contributed by atoms with Crippen LogP contribution in [0.1, 0.15) is 65.2 Å². The van der Waals surface area contributed by atoms with E-state index < -0.39 is 23.9 Å². The van der Waals surface area contributed by atoms with Crippen molar-refractivity contribution in [3.8, 4) is 0 Å². The highest BCUT2D eigenvalue weighted by atomic mass is 16.6. The molecule has 0 radical (unpaired) electrons. The van der Waals surface area contributed by atoms with Gasteiger partial charge in [-0.2, -0.15) is 0 Å². The number of nitrogens with one attached hydrogen (secondary N) is 2. The van der Waals surface area contributed by atoms with Gasteiger partial charge in [0.25, 0.3) is 0 Å². The van der Waals surface area contributed by atoms with Crippen molar-refractivity contribution in [3.05, 3.63) is 24.3 Å². The van der Waals surface area contributed by atoms with E-state index in [1.54, 1.807) is 0 Å². The summed E-state index contributed by atoms with van der Waals surface area (Å²) in [5.41, 5.74) is 0.479. The van der Waals surface area contributed by atoms with E-state index in [2.05, 4.69) is 23.8 Å². The first-order valence-corrected chi connectivity index (χ1v) is 12.5. The fourth-order valence-electron chi connectivity index (χ4n) is 3.44. The predicted octanol–water partition coefficient (Wildman–Crippen LogP) is 1.42. The monoisotopic (exact) mass is 538 g/mol. The second-order valence-corrected chi connectivity index (χ2v) is 8.91. The van der Waals surface area contributed by atoms with Crippen LogP contribution in [0.15, 0.2) is 24.3 Å². The molecule has 12 nitrogen and oxygen atoms in total. The zero-order chi connectivity index (χ0) is 28.5. The minimum absolute atomic E-state index is 0.0882. The van der Waals surface area contributed by atoms with Gasteiger partial charge in [0.2, 0.25) is 11.8 Å². The summed E-state index contributed by atoms with van der Waals surface area (Å²) < 4.78 is 19.5. The van der Waals surface area contributed by atoms with Crippen LogP contribution in [0.3, 0.4) is 0 Å². The molecule has 0 unspecified atom stereocenters. The van der Waals surface area contributed by atoms with Crippen molar-refractivity contribution in [2.24, 2.45) is 0 Å². The summed E-state index contributed by atoms with van der Waals surface area (Å²) in [5, 5.41) is 5.72. The molecule has 1 aliphatic carbocycles. The molecule has 1 fully saturated rings. The first-order chi connectivity index (χ1) is 18.0. The summed E-state index contributed by atoms with van der Waals surface area (Å²) >= 11 is 0. The van der Waals surface area contributed by atoms with E-state index in [1.165, 1.54) is 13.8 Å². The summed E-state index contributed by atoms with van der Waals surface area (Å²) in [6, 6.07) is -0.597. The summed E-state index contributed by atoms with van der Waals surface area (Å²) in [4.78, 5) is 70.9. The van der Waals surface area contributed by atoms with Gasteiger partial charge in [-0.25, -0.2) is 9.59 Å². The third-order valence-corrected chi connectivity index (χ3v) is 5.43. The summed E-state index contributed by atoms with van der Waals surface area (Å²) in [5.74, 6) is -3.04. The van der Waals surface area contributed by atoms with Crippen LogP contribution in [0.25, 0.3) is 0 Å². The molecule has 0 aromatic rings. The second kappa shape index (κ2) is 17.7. The molecule has 12 heteroatoms. The Morgan fingerprint density at radius 3 is 1.29 bits per heavy atom. The van der Waals surface area contributed by atoms with Crippen molar-refractivity contribution in [2.45, 2.75) is 77.3 Å². The van der Waals surface area contributed by atoms with Crippen LogP contribution in [0.4, 0.5) is 0 Å². The van der Waals surface area contributed by atoms with E-state index in [-0.39, 0.29) is 87.2 Å². The Balaban J connectivity index is 2.30. The number of carbonyl (C=O) groups excluding carboxylic acids is 6. The lowest BCUT2D eigenvalue weighted by molar-refractivity contribution is -0.150. The minimum atomic E-state index is -0.596. The third-order valence-electron chi connectivity index (χ3n) is 5.43. The largest absolute Gasteiger partial charge is 0.462 e. The lowest BCUT2D eigenvalue weighted by Gasteiger charge is -2.32. The Hall–Kier alpha value is -3.70. The van der Waals surface area contributed by atoms with Gasteiger partial charge in [-0.15, -0.1) is 0 Å². The molecular formula is C26H38N2O10. The Kier molecular flexibility index (Phi) is 15.1. The van der Waals surface area contributed by atoms with Crippen LogP contribution >= 0.6 is 0 Å². The fourth-order valence-corrected chi connectivity index (χ4v) is 3.44. The zero-order valence-corrected chi connectivity index (χ0v) is 22.1. The highest BCUT2D eigenvalue weighted by Crippen LogP contribution is 2.19. The maximum Gasteiger partial charge on any atom is 0.333 e. The molecule has 38 heavy (non-hydrogen) atoms. The second-order valence-electron chi connectivity index (χ2n) is 8.91. The number of esters is 4. The third kappa shape index (κ3) is 14.1. The molecule has 2 amide bonds. The van der Waals surface area contributed by atoms with Crippen molar-refractivity contribution in [3.63, 3.8) is 0 Å². The van der Waals surface area contributed by atoms with E-state index in [0.29, 0.717) is 12.8 Å². The molecule has 0 spiro atoms. The number of rotatable bonds is 16. The average Bonchev–Trinajstić information content (AvgIpc) is 2.87. The first kappa shape index (κ1) is 32.3. The smallest absolute Gasteiger partial charge is 0.333 e. The van der Waals surface area contributed by atoms with Crippen LogP contribution in [-0.2, 0) is 47.7 Å². The molecule has 0 aliphatic heterocycles. The summed E-state index contributed by atoms with van der Waals surface area (Å²) in [6.45, 7) is 9.45. The Bertz CT molecular complexity index is 826. The van der Waals surface area contributed by atoms with Crippen molar-refractivity contribution in [1.82, 2.24) is 10.6 Å². The van der Waals surface area contributed by atoms with E-state index in [4.69, 9.17) is 18.9 Å². The molecule has 0 bridgehead atoms. The molecule has 0 heterocycles. The predicted molar refractivity (Wildman–Crippen MR) is 134 cm³/mol. The van der Waals surface area contributed by atoms with E-state index in [9.17, 15) is 28.8 Å². The minimum Gasteiger partial charge on any atom is -0.462 e. The Morgan fingerprint density at radius 2 is 0.947 bits per heavy atom. The van der Waals surface area contributed by atoms with Crippen LogP contribution in [0, 0.1) is 0 Å². The molecule has 1 aliphatic rings. The van der Waals surface area contributed by atoms with Gasteiger partial charge in [0.1, 0.15) is 26.4 Å². The molecular weight excluding hydrogens is 500 g/mol. The van der Waals surface area contributed by atoms with E-state index in [0.717, 1.165) is 12.8 Å². The van der Waals surface area contributed by atoms with Gasteiger partial charge in [0, 0.05) is 36.1 Å². The molecule has 1 rings (SSSR count). The van der Waals surface area contributed by atoms with Crippen LogP contribution in [0.2, 0.25) is 0 Å². The van der Waals surface area contributed by atoms with Crippen LogP contribution in [0.5, 0.6) is 0 Å². The van der Waals surface area contributed by atoms with E-state index in [1.807, 2.05) is 0 Å².